The van der Waals surface area contributed by atoms with Crippen LogP contribution in [0.3, 0.4) is 0 Å². The largest absolute Gasteiger partial charge is 0.325 e. The van der Waals surface area contributed by atoms with Crippen molar-refractivity contribution in [2.24, 2.45) is 0 Å². The van der Waals surface area contributed by atoms with Crippen molar-refractivity contribution >= 4 is 0 Å². The van der Waals surface area contributed by atoms with E-state index in [0.29, 0.717) is 5.56 Å². The third kappa shape index (κ3) is 1.53. The van der Waals surface area contributed by atoms with Gasteiger partial charge < -0.3 is 4.98 Å². The average molecular weight is 166 g/mol. The molecule has 1 heterocycles. The molecule has 4 nitrogen and oxygen atoms in total. The first-order valence-electron chi connectivity index (χ1n) is 3.59. The number of aromatic nitrogens is 2. The van der Waals surface area contributed by atoms with Crippen LogP contribution in [0, 0.1) is 0 Å². The van der Waals surface area contributed by atoms with Gasteiger partial charge in [-0.3, -0.25) is 9.78 Å². The van der Waals surface area contributed by atoms with Gasteiger partial charge in [-0.1, -0.05) is 13.0 Å². The van der Waals surface area contributed by atoms with Crippen molar-refractivity contribution in [1.29, 1.82) is 0 Å². The van der Waals surface area contributed by atoms with E-state index in [9.17, 15) is 9.59 Å². The van der Waals surface area contributed by atoms with E-state index in [1.807, 2.05) is 6.92 Å². The summed E-state index contributed by atoms with van der Waals surface area (Å²) in [5.41, 5.74) is -0.323. The molecule has 0 spiro atoms. The van der Waals surface area contributed by atoms with E-state index in [1.165, 1.54) is 6.20 Å². The predicted octanol–water partition coefficient (Wildman–Crippen LogP) is 0.353. The lowest BCUT2D eigenvalue weighted by Crippen LogP contribution is -2.25. The summed E-state index contributed by atoms with van der Waals surface area (Å²) in [4.78, 5) is 26.3. The maximum absolute atomic E-state index is 11.1. The minimum Gasteiger partial charge on any atom is -0.314 e. The van der Waals surface area contributed by atoms with Crippen molar-refractivity contribution in [3.63, 3.8) is 0 Å². The molecule has 4 heteroatoms. The molecule has 64 valence electrons. The van der Waals surface area contributed by atoms with Gasteiger partial charge in [-0.05, 0) is 0 Å². The third-order valence-electron chi connectivity index (χ3n) is 1.69. The summed E-state index contributed by atoms with van der Waals surface area (Å²) >= 11 is 0. The average Bonchev–Trinajstić information content (AvgIpc) is 2.03. The highest BCUT2D eigenvalue weighted by molar-refractivity contribution is 5.14. The molecule has 0 bridgehead atoms. The predicted molar refractivity (Wildman–Crippen MR) is 46.3 cm³/mol. The van der Waals surface area contributed by atoms with E-state index in [4.69, 9.17) is 0 Å². The van der Waals surface area contributed by atoms with Crippen molar-refractivity contribution < 1.29 is 0 Å². The zero-order valence-electron chi connectivity index (χ0n) is 6.76. The van der Waals surface area contributed by atoms with Gasteiger partial charge in [-0.25, -0.2) is 4.79 Å². The molecule has 2 N–H and O–H groups in total. The molecular formula is C8H10N2O2. The number of hydrogen-bond donors (Lipinski definition) is 2. The Hall–Kier alpha value is -1.58. The molecule has 1 aromatic heterocycles. The van der Waals surface area contributed by atoms with E-state index in [0.717, 1.165) is 0 Å². The third-order valence-corrected chi connectivity index (χ3v) is 1.69. The number of aromatic amines is 2. The highest BCUT2D eigenvalue weighted by Crippen LogP contribution is 2.07. The van der Waals surface area contributed by atoms with Crippen LogP contribution >= 0.6 is 0 Å². The smallest absolute Gasteiger partial charge is 0.314 e. The molecule has 1 unspecified atom stereocenters. The summed E-state index contributed by atoms with van der Waals surface area (Å²) in [6.45, 7) is 5.38. The molecule has 12 heavy (non-hydrogen) atoms. The van der Waals surface area contributed by atoms with Crippen LogP contribution in [-0.2, 0) is 0 Å². The number of allylic oxidation sites excluding steroid dienone is 1. The van der Waals surface area contributed by atoms with Crippen molar-refractivity contribution in [2.45, 2.75) is 12.8 Å². The molecule has 0 saturated heterocycles. The van der Waals surface area contributed by atoms with Crippen LogP contribution in [-0.4, -0.2) is 9.97 Å². The van der Waals surface area contributed by atoms with Crippen LogP contribution in [0.4, 0.5) is 0 Å². The van der Waals surface area contributed by atoms with Gasteiger partial charge in [0, 0.05) is 17.7 Å². The Morgan fingerprint density at radius 3 is 2.75 bits per heavy atom. The van der Waals surface area contributed by atoms with Gasteiger partial charge in [0.05, 0.1) is 0 Å². The fraction of sp³-hybridized carbons (Fsp3) is 0.250. The number of H-pyrrole nitrogens is 2. The van der Waals surface area contributed by atoms with Crippen LogP contribution in [0.2, 0.25) is 0 Å². The molecule has 0 aliphatic heterocycles. The highest BCUT2D eigenvalue weighted by Gasteiger charge is 2.05. The van der Waals surface area contributed by atoms with Crippen LogP contribution in [0.1, 0.15) is 18.4 Å². The molecule has 0 fully saturated rings. The number of nitrogens with one attached hydrogen (secondary N) is 2. The van der Waals surface area contributed by atoms with E-state index >= 15 is 0 Å². The van der Waals surface area contributed by atoms with Gasteiger partial charge in [0.15, 0.2) is 0 Å². The van der Waals surface area contributed by atoms with Gasteiger partial charge in [0.25, 0.3) is 5.56 Å². The molecule has 0 saturated carbocycles. The molecule has 0 aliphatic carbocycles. The quantitative estimate of drug-likeness (QED) is 0.623. The summed E-state index contributed by atoms with van der Waals surface area (Å²) in [5.74, 6) is -0.0504. The first kappa shape index (κ1) is 8.52. The first-order valence-corrected chi connectivity index (χ1v) is 3.59. The SMILES string of the molecule is C=CC(C)c1c[nH]c(=O)[nH]c1=O. The first-order chi connectivity index (χ1) is 5.65. The second-order valence-electron chi connectivity index (χ2n) is 2.55. The van der Waals surface area contributed by atoms with E-state index in [1.54, 1.807) is 6.08 Å². The summed E-state index contributed by atoms with van der Waals surface area (Å²) in [6.07, 6.45) is 3.05. The Balaban J connectivity index is 3.27. The molecule has 1 aromatic rings. The lowest BCUT2D eigenvalue weighted by molar-refractivity contribution is 0.890. The minimum absolute atomic E-state index is 0.0504. The molecule has 0 aliphatic rings. The van der Waals surface area contributed by atoms with E-state index in [-0.39, 0.29) is 11.5 Å². The maximum Gasteiger partial charge on any atom is 0.325 e. The van der Waals surface area contributed by atoms with Gasteiger partial charge >= 0.3 is 5.69 Å². The van der Waals surface area contributed by atoms with Gasteiger partial charge in [0.2, 0.25) is 0 Å². The zero-order valence-corrected chi connectivity index (χ0v) is 6.76. The molecule has 0 radical (unpaired) electrons. The van der Waals surface area contributed by atoms with Crippen LogP contribution in [0.5, 0.6) is 0 Å². The van der Waals surface area contributed by atoms with Crippen molar-refractivity contribution in [1.82, 2.24) is 9.97 Å². The summed E-state index contributed by atoms with van der Waals surface area (Å²) in [6, 6.07) is 0. The normalized spacial score (nSPS) is 12.4. The van der Waals surface area contributed by atoms with E-state index in [2.05, 4.69) is 16.5 Å². The number of rotatable bonds is 2. The zero-order chi connectivity index (χ0) is 9.14. The summed E-state index contributed by atoms with van der Waals surface area (Å²) in [7, 11) is 0. The summed E-state index contributed by atoms with van der Waals surface area (Å²) < 4.78 is 0. The number of hydrogen-bond acceptors (Lipinski definition) is 2. The summed E-state index contributed by atoms with van der Waals surface area (Å²) in [5, 5.41) is 0. The Morgan fingerprint density at radius 2 is 2.25 bits per heavy atom. The molecule has 0 amide bonds. The minimum atomic E-state index is -0.486. The van der Waals surface area contributed by atoms with Crippen LogP contribution in [0.25, 0.3) is 0 Å². The van der Waals surface area contributed by atoms with Crippen LogP contribution < -0.4 is 11.2 Å². The van der Waals surface area contributed by atoms with Crippen molar-refractivity contribution in [3.05, 3.63) is 45.3 Å². The Morgan fingerprint density at radius 1 is 1.58 bits per heavy atom. The Kier molecular flexibility index (Phi) is 2.28. The molecule has 0 aromatic carbocycles. The molecule has 1 atom stereocenters. The Bertz CT molecular complexity index is 389. The lowest BCUT2D eigenvalue weighted by Gasteiger charge is -2.01. The van der Waals surface area contributed by atoms with Gasteiger partial charge in [-0.2, -0.15) is 0 Å². The monoisotopic (exact) mass is 166 g/mol. The van der Waals surface area contributed by atoms with Crippen molar-refractivity contribution in [2.75, 3.05) is 0 Å². The topological polar surface area (TPSA) is 65.7 Å². The highest BCUT2D eigenvalue weighted by atomic mass is 16.2. The second-order valence-corrected chi connectivity index (χ2v) is 2.55. The van der Waals surface area contributed by atoms with Crippen molar-refractivity contribution in [3.8, 4) is 0 Å². The lowest BCUT2D eigenvalue weighted by atomic mass is 10.1. The maximum atomic E-state index is 11.1. The van der Waals surface area contributed by atoms with Crippen LogP contribution in [0.15, 0.2) is 28.4 Å². The van der Waals surface area contributed by atoms with Gasteiger partial charge in [0.1, 0.15) is 0 Å². The fourth-order valence-electron chi connectivity index (χ4n) is 0.885. The molecular weight excluding hydrogens is 156 g/mol. The molecule has 1 rings (SSSR count). The Labute approximate surface area is 69.0 Å². The fourth-order valence-corrected chi connectivity index (χ4v) is 0.885. The standard InChI is InChI=1S/C8H10N2O2/c1-3-5(2)6-4-9-8(12)10-7(6)11/h3-5H,1H2,2H3,(H2,9,10,11,12). The second kappa shape index (κ2) is 3.21. The van der Waals surface area contributed by atoms with Gasteiger partial charge in [-0.15, -0.1) is 6.58 Å². The van der Waals surface area contributed by atoms with E-state index < -0.39 is 5.69 Å².